The summed E-state index contributed by atoms with van der Waals surface area (Å²) >= 11 is 0. The number of benzene rings is 2. The third-order valence-electron chi connectivity index (χ3n) is 5.61. The van der Waals surface area contributed by atoms with Crippen LogP contribution in [0.2, 0.25) is 0 Å². The van der Waals surface area contributed by atoms with Crippen molar-refractivity contribution in [2.24, 2.45) is 0 Å². The van der Waals surface area contributed by atoms with Gasteiger partial charge in [-0.05, 0) is 45.4 Å². The van der Waals surface area contributed by atoms with Gasteiger partial charge in [-0.1, -0.05) is 48.0 Å². The molecule has 0 unspecified atom stereocenters. The van der Waals surface area contributed by atoms with Crippen LogP contribution in [-0.4, -0.2) is 27.6 Å². The van der Waals surface area contributed by atoms with Crippen LogP contribution < -0.4 is 10.9 Å². The summed E-state index contributed by atoms with van der Waals surface area (Å²) in [6, 6.07) is 17.0. The summed E-state index contributed by atoms with van der Waals surface area (Å²) < 4.78 is 0. The molecule has 0 fully saturated rings. The van der Waals surface area contributed by atoms with E-state index in [0.29, 0.717) is 39.0 Å². The fourth-order valence-corrected chi connectivity index (χ4v) is 3.98. The zero-order chi connectivity index (χ0) is 23.7. The quantitative estimate of drug-likeness (QED) is 0.322. The minimum Gasteiger partial charge on any atom is -0.354 e. The van der Waals surface area contributed by atoms with Crippen molar-refractivity contribution in [1.29, 1.82) is 0 Å². The van der Waals surface area contributed by atoms with Crippen molar-refractivity contribution < 1.29 is 14.4 Å². The SMILES string of the molecule is CC(=O)c1c(C)[nH]c(C(=O)NNC(=O)c2cc(-c3ccc(C)cc3)nc3ccccc23)c1C. The normalized spacial score (nSPS) is 10.8. The Labute approximate surface area is 191 Å². The maximum atomic E-state index is 13.1. The molecule has 0 spiro atoms. The molecule has 0 aliphatic heterocycles. The number of rotatable bonds is 4. The van der Waals surface area contributed by atoms with Crippen LogP contribution in [0.1, 0.15) is 54.9 Å². The lowest BCUT2D eigenvalue weighted by molar-refractivity contribution is 0.0844. The highest BCUT2D eigenvalue weighted by Gasteiger charge is 2.21. The summed E-state index contributed by atoms with van der Waals surface area (Å²) in [5.41, 5.74) is 10.5. The highest BCUT2D eigenvalue weighted by molar-refractivity contribution is 6.08. The maximum Gasteiger partial charge on any atom is 0.286 e. The van der Waals surface area contributed by atoms with Gasteiger partial charge in [0.15, 0.2) is 5.78 Å². The van der Waals surface area contributed by atoms with E-state index in [4.69, 9.17) is 4.98 Å². The molecule has 7 nitrogen and oxygen atoms in total. The molecule has 0 bridgehead atoms. The number of hydrogen-bond donors (Lipinski definition) is 3. The number of nitrogens with one attached hydrogen (secondary N) is 3. The average Bonchev–Trinajstić information content (AvgIpc) is 3.11. The maximum absolute atomic E-state index is 13.1. The molecule has 0 atom stereocenters. The van der Waals surface area contributed by atoms with Crippen LogP contribution >= 0.6 is 0 Å². The summed E-state index contributed by atoms with van der Waals surface area (Å²) in [5, 5.41) is 0.672. The van der Waals surface area contributed by atoms with Crippen LogP contribution in [0.5, 0.6) is 0 Å². The molecule has 3 N–H and O–H groups in total. The van der Waals surface area contributed by atoms with Crippen molar-refractivity contribution in [3.8, 4) is 11.3 Å². The molecule has 2 amide bonds. The van der Waals surface area contributed by atoms with Crippen molar-refractivity contribution in [3.63, 3.8) is 0 Å². The molecule has 2 heterocycles. The van der Waals surface area contributed by atoms with Crippen molar-refractivity contribution in [1.82, 2.24) is 20.8 Å². The highest BCUT2D eigenvalue weighted by atomic mass is 16.2. The molecule has 33 heavy (non-hydrogen) atoms. The molecule has 0 radical (unpaired) electrons. The van der Waals surface area contributed by atoms with E-state index < -0.39 is 11.8 Å². The third kappa shape index (κ3) is 4.25. The van der Waals surface area contributed by atoms with Gasteiger partial charge >= 0.3 is 0 Å². The Balaban J connectivity index is 1.63. The predicted molar refractivity (Wildman–Crippen MR) is 127 cm³/mol. The monoisotopic (exact) mass is 440 g/mol. The number of para-hydroxylation sites is 1. The molecule has 4 rings (SSSR count). The van der Waals surface area contributed by atoms with E-state index >= 15 is 0 Å². The molecule has 0 saturated carbocycles. The number of ketones is 1. The highest BCUT2D eigenvalue weighted by Crippen LogP contribution is 2.25. The van der Waals surface area contributed by atoms with Crippen LogP contribution in [0.3, 0.4) is 0 Å². The molecular weight excluding hydrogens is 416 g/mol. The van der Waals surface area contributed by atoms with E-state index in [9.17, 15) is 14.4 Å². The van der Waals surface area contributed by atoms with E-state index in [0.717, 1.165) is 11.1 Å². The molecule has 0 aliphatic rings. The number of hydrogen-bond acceptors (Lipinski definition) is 4. The number of Topliss-reactive ketones (excluding diaryl/α,β-unsaturated/α-hetero) is 1. The van der Waals surface area contributed by atoms with Crippen LogP contribution in [0.15, 0.2) is 54.6 Å². The Kier molecular flexibility index (Phi) is 5.79. The second-order valence-electron chi connectivity index (χ2n) is 8.03. The topological polar surface area (TPSA) is 104 Å². The number of nitrogens with zero attached hydrogens (tertiary/aromatic N) is 1. The lowest BCUT2D eigenvalue weighted by Gasteiger charge is -2.11. The average molecular weight is 441 g/mol. The fourth-order valence-electron chi connectivity index (χ4n) is 3.98. The minimum atomic E-state index is -0.534. The Morgan fingerprint density at radius 2 is 1.55 bits per heavy atom. The fraction of sp³-hybridized carbons (Fsp3) is 0.154. The molecule has 0 aliphatic carbocycles. The van der Waals surface area contributed by atoms with Gasteiger partial charge < -0.3 is 4.98 Å². The van der Waals surface area contributed by atoms with Crippen molar-refractivity contribution in [2.45, 2.75) is 27.7 Å². The molecule has 0 saturated heterocycles. The van der Waals surface area contributed by atoms with E-state index in [1.807, 2.05) is 55.5 Å². The number of carbonyl (C=O) groups excluding carboxylic acids is 3. The summed E-state index contributed by atoms with van der Waals surface area (Å²) in [7, 11) is 0. The molecule has 2 aromatic carbocycles. The number of aromatic nitrogens is 2. The van der Waals surface area contributed by atoms with Crippen LogP contribution in [0.4, 0.5) is 0 Å². The molecule has 7 heteroatoms. The van der Waals surface area contributed by atoms with Gasteiger partial charge in [-0.2, -0.15) is 0 Å². The molecule has 2 aromatic heterocycles. The second-order valence-corrected chi connectivity index (χ2v) is 8.03. The van der Waals surface area contributed by atoms with E-state index in [-0.39, 0.29) is 11.5 Å². The summed E-state index contributed by atoms with van der Waals surface area (Å²) in [6.07, 6.45) is 0. The number of carbonyl (C=O) groups is 3. The van der Waals surface area contributed by atoms with Gasteiger partial charge in [0.05, 0.1) is 16.8 Å². The first-order valence-electron chi connectivity index (χ1n) is 10.5. The van der Waals surface area contributed by atoms with Crippen LogP contribution in [0, 0.1) is 20.8 Å². The number of H-pyrrole nitrogens is 1. The zero-order valence-electron chi connectivity index (χ0n) is 18.9. The lowest BCUT2D eigenvalue weighted by Crippen LogP contribution is -2.42. The first-order chi connectivity index (χ1) is 15.8. The van der Waals surface area contributed by atoms with Gasteiger partial charge in [0, 0.05) is 22.2 Å². The largest absolute Gasteiger partial charge is 0.354 e. The molecule has 166 valence electrons. The van der Waals surface area contributed by atoms with E-state index in [1.54, 1.807) is 19.9 Å². The first kappa shape index (κ1) is 22.0. The molecular formula is C26H24N4O3. The van der Waals surface area contributed by atoms with Crippen LogP contribution in [-0.2, 0) is 0 Å². The summed E-state index contributed by atoms with van der Waals surface area (Å²) in [4.78, 5) is 45.2. The van der Waals surface area contributed by atoms with Gasteiger partial charge in [0.1, 0.15) is 5.69 Å². The van der Waals surface area contributed by atoms with Gasteiger partial charge in [0.25, 0.3) is 11.8 Å². The van der Waals surface area contributed by atoms with Gasteiger partial charge in [0.2, 0.25) is 0 Å². The Bertz CT molecular complexity index is 1400. The zero-order valence-corrected chi connectivity index (χ0v) is 18.9. The number of hydrazine groups is 1. The number of amides is 2. The van der Waals surface area contributed by atoms with Gasteiger partial charge in [-0.25, -0.2) is 4.98 Å². The van der Waals surface area contributed by atoms with Crippen molar-refractivity contribution in [3.05, 3.63) is 88.2 Å². The smallest absolute Gasteiger partial charge is 0.286 e. The Morgan fingerprint density at radius 3 is 2.21 bits per heavy atom. The number of aryl methyl sites for hydroxylation is 2. The second kappa shape index (κ2) is 8.70. The van der Waals surface area contributed by atoms with Gasteiger partial charge in [-0.3, -0.25) is 25.2 Å². The summed E-state index contributed by atoms with van der Waals surface area (Å²) in [5.74, 6) is -1.13. The summed E-state index contributed by atoms with van der Waals surface area (Å²) in [6.45, 7) is 6.88. The third-order valence-corrected chi connectivity index (χ3v) is 5.61. The van der Waals surface area contributed by atoms with Crippen molar-refractivity contribution >= 4 is 28.5 Å². The standard InChI is InChI=1S/C26H24N4O3/c1-14-9-11-18(12-10-14)22-13-20(19-7-5-6-8-21(19)28-22)25(32)29-30-26(33)24-15(2)23(17(4)31)16(3)27-24/h5-13,27H,1-4H3,(H,29,32)(H,30,33). The Morgan fingerprint density at radius 1 is 0.879 bits per heavy atom. The number of fused-ring (bicyclic) bond motifs is 1. The predicted octanol–water partition coefficient (Wildman–Crippen LogP) is 4.43. The lowest BCUT2D eigenvalue weighted by atomic mass is 10.0. The minimum absolute atomic E-state index is 0.128. The number of pyridine rings is 1. The number of aromatic amines is 1. The van der Waals surface area contributed by atoms with Crippen molar-refractivity contribution in [2.75, 3.05) is 0 Å². The van der Waals surface area contributed by atoms with Crippen LogP contribution in [0.25, 0.3) is 22.2 Å². The van der Waals surface area contributed by atoms with E-state index in [2.05, 4.69) is 15.8 Å². The first-order valence-corrected chi connectivity index (χ1v) is 10.5. The van der Waals surface area contributed by atoms with E-state index in [1.165, 1.54) is 6.92 Å². The Hall–Kier alpha value is -4.26. The van der Waals surface area contributed by atoms with Gasteiger partial charge in [-0.15, -0.1) is 0 Å². The molecule has 4 aromatic rings.